The number of amides is 1. The molecular weight excluding hydrogens is 206 g/mol. The van der Waals surface area contributed by atoms with Crippen LogP contribution in [0.2, 0.25) is 0 Å². The van der Waals surface area contributed by atoms with Crippen molar-refractivity contribution in [1.29, 1.82) is 0 Å². The number of nitrogens with zero attached hydrogens (tertiary/aromatic N) is 2. The number of aliphatic hydroxyl groups is 1. The van der Waals surface area contributed by atoms with Crippen LogP contribution in [0.4, 0.5) is 0 Å². The summed E-state index contributed by atoms with van der Waals surface area (Å²) in [5, 5.41) is 16.2. The zero-order chi connectivity index (χ0) is 12.0. The van der Waals surface area contributed by atoms with Crippen LogP contribution in [0, 0.1) is 5.92 Å². The zero-order valence-corrected chi connectivity index (χ0v) is 9.76. The summed E-state index contributed by atoms with van der Waals surface area (Å²) in [5.41, 5.74) is 0. The maximum Gasteiger partial charge on any atom is 0.241 e. The van der Waals surface area contributed by atoms with E-state index < -0.39 is 6.10 Å². The van der Waals surface area contributed by atoms with Crippen molar-refractivity contribution >= 4 is 5.91 Å². The van der Waals surface area contributed by atoms with Gasteiger partial charge in [-0.3, -0.25) is 9.48 Å². The van der Waals surface area contributed by atoms with Gasteiger partial charge in [0.05, 0.1) is 6.10 Å². The largest absolute Gasteiger partial charge is 0.391 e. The first-order valence-electron chi connectivity index (χ1n) is 5.50. The van der Waals surface area contributed by atoms with Gasteiger partial charge in [-0.25, -0.2) is 0 Å². The Morgan fingerprint density at radius 1 is 1.56 bits per heavy atom. The molecule has 0 saturated carbocycles. The summed E-state index contributed by atoms with van der Waals surface area (Å²) in [6.45, 7) is 4.57. The van der Waals surface area contributed by atoms with Crippen molar-refractivity contribution in [3.63, 3.8) is 0 Å². The van der Waals surface area contributed by atoms with Gasteiger partial charge in [0.15, 0.2) is 0 Å². The third-order valence-corrected chi connectivity index (χ3v) is 2.14. The Morgan fingerprint density at radius 2 is 2.31 bits per heavy atom. The van der Waals surface area contributed by atoms with Gasteiger partial charge < -0.3 is 10.4 Å². The van der Waals surface area contributed by atoms with Crippen LogP contribution in [0.5, 0.6) is 0 Å². The number of rotatable bonds is 6. The molecule has 0 aliphatic carbocycles. The molecule has 5 heteroatoms. The van der Waals surface area contributed by atoms with Crippen molar-refractivity contribution in [3.05, 3.63) is 18.5 Å². The molecule has 1 amide bonds. The highest BCUT2D eigenvalue weighted by atomic mass is 16.3. The summed E-state index contributed by atoms with van der Waals surface area (Å²) in [6, 6.07) is 1.76. The van der Waals surface area contributed by atoms with Crippen molar-refractivity contribution in [2.75, 3.05) is 6.54 Å². The highest BCUT2D eigenvalue weighted by Crippen LogP contribution is 2.03. The van der Waals surface area contributed by atoms with Crippen LogP contribution in [-0.4, -0.2) is 33.4 Å². The Kier molecular flexibility index (Phi) is 4.98. The Bertz CT molecular complexity index is 309. The lowest BCUT2D eigenvalue weighted by atomic mass is 10.1. The van der Waals surface area contributed by atoms with Crippen molar-refractivity contribution in [3.8, 4) is 0 Å². The maximum absolute atomic E-state index is 11.4. The van der Waals surface area contributed by atoms with Crippen LogP contribution in [0.25, 0.3) is 0 Å². The summed E-state index contributed by atoms with van der Waals surface area (Å²) in [5.74, 6) is 0.296. The van der Waals surface area contributed by atoms with Gasteiger partial charge in [-0.2, -0.15) is 5.10 Å². The molecule has 90 valence electrons. The number of carbonyl (C=O) groups excluding carboxylic acids is 1. The van der Waals surface area contributed by atoms with Gasteiger partial charge in [0.25, 0.3) is 0 Å². The first-order chi connectivity index (χ1) is 7.58. The van der Waals surface area contributed by atoms with E-state index in [2.05, 4.69) is 10.4 Å². The molecular formula is C11H19N3O2. The van der Waals surface area contributed by atoms with Gasteiger partial charge in [-0.05, 0) is 18.4 Å². The minimum absolute atomic E-state index is 0.133. The fourth-order valence-electron chi connectivity index (χ4n) is 1.46. The molecule has 1 rings (SSSR count). The highest BCUT2D eigenvalue weighted by Gasteiger charge is 2.09. The first kappa shape index (κ1) is 12.7. The zero-order valence-electron chi connectivity index (χ0n) is 9.76. The molecule has 2 N–H and O–H groups in total. The van der Waals surface area contributed by atoms with Crippen molar-refractivity contribution in [1.82, 2.24) is 15.1 Å². The van der Waals surface area contributed by atoms with E-state index in [0.29, 0.717) is 18.9 Å². The summed E-state index contributed by atoms with van der Waals surface area (Å²) in [7, 11) is 0. The van der Waals surface area contributed by atoms with Crippen molar-refractivity contribution < 1.29 is 9.90 Å². The molecule has 0 bridgehead atoms. The smallest absolute Gasteiger partial charge is 0.241 e. The molecule has 0 aliphatic heterocycles. The van der Waals surface area contributed by atoms with Gasteiger partial charge >= 0.3 is 0 Å². The summed E-state index contributed by atoms with van der Waals surface area (Å²) in [4.78, 5) is 11.4. The Labute approximate surface area is 95.5 Å². The average Bonchev–Trinajstić information content (AvgIpc) is 2.66. The quantitative estimate of drug-likeness (QED) is 0.736. The van der Waals surface area contributed by atoms with Crippen LogP contribution in [0.1, 0.15) is 20.3 Å². The van der Waals surface area contributed by atoms with Crippen LogP contribution in [0.15, 0.2) is 18.5 Å². The van der Waals surface area contributed by atoms with E-state index in [1.165, 1.54) is 0 Å². The molecule has 0 fully saturated rings. The first-order valence-corrected chi connectivity index (χ1v) is 5.50. The lowest BCUT2D eigenvalue weighted by Crippen LogP contribution is -2.35. The Morgan fingerprint density at radius 3 is 2.88 bits per heavy atom. The van der Waals surface area contributed by atoms with Gasteiger partial charge in [0.2, 0.25) is 5.91 Å². The SMILES string of the molecule is CC(C)CC(O)CNC(=O)Cn1cccn1. The second-order valence-corrected chi connectivity index (χ2v) is 4.29. The normalized spacial score (nSPS) is 12.8. The van der Waals surface area contributed by atoms with Gasteiger partial charge in [-0.15, -0.1) is 0 Å². The standard InChI is InChI=1S/C11H19N3O2/c1-9(2)6-10(15)7-12-11(16)8-14-5-3-4-13-14/h3-5,9-10,15H,6-8H2,1-2H3,(H,12,16). The molecule has 1 atom stereocenters. The third-order valence-electron chi connectivity index (χ3n) is 2.14. The van der Waals surface area contributed by atoms with Gasteiger partial charge in [-0.1, -0.05) is 13.8 Å². The van der Waals surface area contributed by atoms with E-state index in [9.17, 15) is 9.90 Å². The number of hydrogen-bond acceptors (Lipinski definition) is 3. The summed E-state index contributed by atoms with van der Waals surface area (Å²) < 4.78 is 1.55. The second kappa shape index (κ2) is 6.27. The van der Waals surface area contributed by atoms with Crippen LogP contribution in [-0.2, 0) is 11.3 Å². The minimum Gasteiger partial charge on any atom is -0.391 e. The van der Waals surface area contributed by atoms with E-state index in [1.807, 2.05) is 13.8 Å². The van der Waals surface area contributed by atoms with Crippen molar-refractivity contribution in [2.45, 2.75) is 32.9 Å². The summed E-state index contributed by atoms with van der Waals surface area (Å²) in [6.07, 6.45) is 3.58. The Balaban J connectivity index is 2.20. The molecule has 1 aromatic rings. The second-order valence-electron chi connectivity index (χ2n) is 4.29. The fourth-order valence-corrected chi connectivity index (χ4v) is 1.46. The van der Waals surface area contributed by atoms with E-state index in [0.717, 1.165) is 0 Å². The minimum atomic E-state index is -0.471. The van der Waals surface area contributed by atoms with E-state index >= 15 is 0 Å². The number of aromatic nitrogens is 2. The lowest BCUT2D eigenvalue weighted by molar-refractivity contribution is -0.122. The molecule has 16 heavy (non-hydrogen) atoms. The van der Waals surface area contributed by atoms with E-state index in [-0.39, 0.29) is 12.5 Å². The number of aliphatic hydroxyl groups excluding tert-OH is 1. The predicted molar refractivity (Wildman–Crippen MR) is 60.7 cm³/mol. The molecule has 1 unspecified atom stereocenters. The maximum atomic E-state index is 11.4. The number of nitrogens with one attached hydrogen (secondary N) is 1. The molecule has 0 radical (unpaired) electrons. The van der Waals surface area contributed by atoms with Gasteiger partial charge in [0.1, 0.15) is 6.54 Å². The van der Waals surface area contributed by atoms with Crippen LogP contribution in [0.3, 0.4) is 0 Å². The Hall–Kier alpha value is -1.36. The molecule has 0 aliphatic rings. The lowest BCUT2D eigenvalue weighted by Gasteiger charge is -2.13. The highest BCUT2D eigenvalue weighted by molar-refractivity contribution is 5.75. The number of hydrogen-bond donors (Lipinski definition) is 2. The average molecular weight is 225 g/mol. The van der Waals surface area contributed by atoms with E-state index in [1.54, 1.807) is 23.1 Å². The molecule has 1 aromatic heterocycles. The molecule has 5 nitrogen and oxygen atoms in total. The monoisotopic (exact) mass is 225 g/mol. The predicted octanol–water partition coefficient (Wildman–Crippen LogP) is 0.406. The molecule has 1 heterocycles. The molecule has 0 saturated heterocycles. The fraction of sp³-hybridized carbons (Fsp3) is 0.636. The molecule has 0 spiro atoms. The molecule has 0 aromatic carbocycles. The number of carbonyl (C=O) groups is 1. The van der Waals surface area contributed by atoms with Crippen molar-refractivity contribution in [2.24, 2.45) is 5.92 Å². The third kappa shape index (κ3) is 4.93. The summed E-state index contributed by atoms with van der Waals surface area (Å²) >= 11 is 0. The van der Waals surface area contributed by atoms with Crippen LogP contribution < -0.4 is 5.32 Å². The van der Waals surface area contributed by atoms with Crippen LogP contribution >= 0.6 is 0 Å². The topological polar surface area (TPSA) is 67.2 Å². The van der Waals surface area contributed by atoms with E-state index in [4.69, 9.17) is 0 Å². The van der Waals surface area contributed by atoms with Gasteiger partial charge in [0, 0.05) is 18.9 Å².